The average molecular weight is 617 g/mol. The summed E-state index contributed by atoms with van der Waals surface area (Å²) in [6, 6.07) is -1.03. The topological polar surface area (TPSA) is 248 Å². The number of oxime groups is 1. The van der Waals surface area contributed by atoms with Crippen LogP contribution in [0.4, 0.5) is 5.13 Å². The third-order valence-corrected chi connectivity index (χ3v) is 8.08. The van der Waals surface area contributed by atoms with Gasteiger partial charge in [0, 0.05) is 16.9 Å². The zero-order chi connectivity index (χ0) is 26.1. The largest absolute Gasteiger partial charge is 1.00 e. The summed E-state index contributed by atoms with van der Waals surface area (Å²) in [6.07, 6.45) is 0. The number of carboxylic acid groups (broad SMARTS) is 1. The zero-order valence-corrected chi connectivity index (χ0v) is 27.4. The Hall–Kier alpha value is -1.68. The van der Waals surface area contributed by atoms with E-state index >= 15 is 0 Å². The monoisotopic (exact) mass is 616 g/mol. The van der Waals surface area contributed by atoms with Gasteiger partial charge in [0.05, 0.1) is 11.7 Å². The summed E-state index contributed by atoms with van der Waals surface area (Å²) in [5, 5.41) is 22.8. The van der Waals surface area contributed by atoms with Gasteiger partial charge in [-0.15, -0.1) is 23.1 Å². The number of carboxylic acids is 1. The number of hydrogen-bond donors (Lipinski definition) is 2. The normalized spacial score (nSPS) is 18.1. The van der Waals surface area contributed by atoms with Crippen molar-refractivity contribution in [3.63, 3.8) is 0 Å². The first-order valence-electron chi connectivity index (χ1n) is 9.89. The number of carbonyl (C=O) groups excluding carboxylic acids is 3. The summed E-state index contributed by atoms with van der Waals surface area (Å²) < 4.78 is 1.11. The van der Waals surface area contributed by atoms with E-state index in [1.54, 1.807) is 0 Å². The van der Waals surface area contributed by atoms with E-state index < -0.39 is 40.3 Å². The molecule has 21 heteroatoms. The molecule has 0 bridgehead atoms. The van der Waals surface area contributed by atoms with E-state index in [4.69, 9.17) is 10.6 Å². The maximum atomic E-state index is 12.9. The Balaban J connectivity index is 0.00000253. The Bertz CT molecular complexity index is 1440. The summed E-state index contributed by atoms with van der Waals surface area (Å²) in [5.41, 5.74) is 3.56. The van der Waals surface area contributed by atoms with E-state index in [0.717, 1.165) is 32.7 Å². The van der Waals surface area contributed by atoms with Crippen molar-refractivity contribution in [1.29, 1.82) is 0 Å². The van der Waals surface area contributed by atoms with E-state index in [-0.39, 0.29) is 103 Å². The van der Waals surface area contributed by atoms with Crippen LogP contribution in [0.5, 0.6) is 0 Å². The Morgan fingerprint density at radius 1 is 1.33 bits per heavy atom. The molecule has 0 spiro atoms. The van der Waals surface area contributed by atoms with E-state index in [2.05, 4.69) is 25.5 Å². The van der Waals surface area contributed by atoms with Crippen molar-refractivity contribution in [3.8, 4) is 0 Å². The first-order chi connectivity index (χ1) is 17.1. The number of aromatic nitrogens is 4. The summed E-state index contributed by atoms with van der Waals surface area (Å²) in [6.45, 7) is 0. The van der Waals surface area contributed by atoms with Crippen LogP contribution >= 0.6 is 34.9 Å². The van der Waals surface area contributed by atoms with E-state index in [9.17, 15) is 29.1 Å². The van der Waals surface area contributed by atoms with E-state index in [1.165, 1.54) is 31.3 Å². The molecule has 0 radical (unpaired) electrons. The van der Waals surface area contributed by atoms with Crippen molar-refractivity contribution < 1.29 is 88.9 Å². The third kappa shape index (κ3) is 7.34. The Morgan fingerprint density at radius 2 is 2.03 bits per heavy atom. The number of aliphatic carboxylic acids is 1. The molecule has 2 aromatic heterocycles. The molecule has 16 nitrogen and oxygen atoms in total. The second-order valence-corrected chi connectivity index (χ2v) is 10.1. The average Bonchev–Trinajstić information content (AvgIpc) is 3.27. The maximum Gasteiger partial charge on any atom is 1.00 e. The molecule has 0 aromatic carbocycles. The van der Waals surface area contributed by atoms with Crippen LogP contribution in [0.15, 0.2) is 36.6 Å². The first-order valence-corrected chi connectivity index (χ1v) is 12.8. The van der Waals surface area contributed by atoms with Gasteiger partial charge in [-0.1, -0.05) is 16.9 Å². The van der Waals surface area contributed by atoms with Crippen LogP contribution in [0.2, 0.25) is 0 Å². The Kier molecular flexibility index (Phi) is 13.4. The smallest absolute Gasteiger partial charge is 0.554 e. The molecule has 4 rings (SSSR count). The number of thiazole rings is 1. The van der Waals surface area contributed by atoms with Gasteiger partial charge in [-0.3, -0.25) is 19.3 Å². The molecule has 2 amide bonds. The van der Waals surface area contributed by atoms with Crippen LogP contribution in [-0.4, -0.2) is 78.6 Å². The fourth-order valence-electron chi connectivity index (χ4n) is 3.39. The standard InChI is InChI=1S/C18H18N8O7S3.2Na.H2O/c1-25-18(22-12(28)13(29)23-25)36-4-6-3-34-15-9(14(30)26(15)10(6)16(31)32)21-11(27)8(24-33-2)7-5-35-17(19)20-7;;;/h5,9,15H,3-4H2,1-2H3,(H5,19,20,21,23,27,29,31,32);;;1H2/q;2*+1;/p-2/b24-8-;;;/t9?,15-;;;/m1.../s1. The third-order valence-electron chi connectivity index (χ3n) is 4.96. The maximum absolute atomic E-state index is 12.9. The van der Waals surface area contributed by atoms with Crippen LogP contribution in [0, 0.1) is 0 Å². The summed E-state index contributed by atoms with van der Waals surface area (Å²) >= 11 is 3.31. The predicted molar refractivity (Wildman–Crippen MR) is 131 cm³/mol. The number of aryl methyl sites for hydroxylation is 1. The summed E-state index contributed by atoms with van der Waals surface area (Å²) in [4.78, 5) is 73.8. The fraction of sp³-hybridized carbons (Fsp3) is 0.333. The van der Waals surface area contributed by atoms with Gasteiger partial charge in [-0.25, -0.2) is 4.98 Å². The minimum atomic E-state index is -1.57. The van der Waals surface area contributed by atoms with Crippen molar-refractivity contribution in [3.05, 3.63) is 43.1 Å². The van der Waals surface area contributed by atoms with Crippen molar-refractivity contribution in [2.45, 2.75) is 16.6 Å². The van der Waals surface area contributed by atoms with Gasteiger partial charge in [0.2, 0.25) is 0 Å². The molecule has 0 aliphatic carbocycles. The molecule has 5 N–H and O–H groups in total. The number of thioether (sulfide) groups is 2. The van der Waals surface area contributed by atoms with E-state index in [1.807, 2.05) is 0 Å². The number of carbonyl (C=O) groups is 3. The van der Waals surface area contributed by atoms with Crippen molar-refractivity contribution in [2.75, 3.05) is 24.3 Å². The van der Waals surface area contributed by atoms with Gasteiger partial charge < -0.3 is 45.8 Å². The molecular weight excluding hydrogens is 598 g/mol. The number of fused-ring (bicyclic) bond motifs is 1. The summed E-state index contributed by atoms with van der Waals surface area (Å²) in [7, 11) is 2.66. The van der Waals surface area contributed by atoms with Gasteiger partial charge in [0.1, 0.15) is 24.2 Å². The number of nitrogen functional groups attached to an aromatic ring is 1. The Morgan fingerprint density at radius 3 is 2.62 bits per heavy atom. The molecule has 39 heavy (non-hydrogen) atoms. The molecule has 198 valence electrons. The molecule has 2 aromatic rings. The van der Waals surface area contributed by atoms with Crippen molar-refractivity contribution in [1.82, 2.24) is 30.0 Å². The van der Waals surface area contributed by atoms with Crippen LogP contribution < -0.4 is 91.5 Å². The van der Waals surface area contributed by atoms with Gasteiger partial charge in [0.25, 0.3) is 17.4 Å². The second-order valence-electron chi connectivity index (χ2n) is 7.21. The predicted octanol–water partition coefficient (Wildman–Crippen LogP) is -10.1. The Labute approximate surface area is 276 Å². The minimum absolute atomic E-state index is 0. The fourth-order valence-corrected chi connectivity index (χ4v) is 6.33. The molecule has 2 aliphatic rings. The molecule has 1 fully saturated rings. The molecule has 2 atom stereocenters. The summed E-state index contributed by atoms with van der Waals surface area (Å²) in [5.74, 6) is -2.73. The number of amides is 2. The number of β-lactam (4-membered cyclic amide) rings is 1. The van der Waals surface area contributed by atoms with Gasteiger partial charge in [0.15, 0.2) is 21.6 Å². The van der Waals surface area contributed by atoms with Crippen LogP contribution in [0.3, 0.4) is 0 Å². The molecule has 2 aliphatic heterocycles. The second kappa shape index (κ2) is 14.8. The molecule has 4 heterocycles. The van der Waals surface area contributed by atoms with Gasteiger partial charge in [-0.05, 0) is 12.6 Å². The molecule has 0 saturated carbocycles. The first kappa shape index (κ1) is 35.3. The van der Waals surface area contributed by atoms with Crippen molar-refractivity contribution in [2.24, 2.45) is 12.2 Å². The van der Waals surface area contributed by atoms with Crippen LogP contribution in [0.1, 0.15) is 5.69 Å². The number of nitrogens with zero attached hydrogens (tertiary/aromatic N) is 6. The SMILES string of the molecule is CO/N=C(\C(=O)NC1C(=O)N2C(C(=O)[O-])=C(CSc3nc(=O)c(=O)[n-]n3C)CS[C@H]12)c1csc(N)n1.O.[Na+].[Na+]. The molecule has 1 unspecified atom stereocenters. The van der Waals surface area contributed by atoms with Crippen molar-refractivity contribution >= 4 is 63.5 Å². The number of nitrogens with two attached hydrogens (primary N) is 1. The van der Waals surface area contributed by atoms with Crippen LogP contribution in [-0.2, 0) is 26.3 Å². The van der Waals surface area contributed by atoms with Gasteiger partial charge in [-0.2, -0.15) is 4.98 Å². The van der Waals surface area contributed by atoms with E-state index in [0.29, 0.717) is 5.57 Å². The number of hydrogen-bond acceptors (Lipinski definition) is 14. The molecule has 1 saturated heterocycles. The quantitative estimate of drug-likeness (QED) is 0.0699. The number of anilines is 1. The zero-order valence-electron chi connectivity index (χ0n) is 21.0. The molecular formula is C18H18N8Na2O8S3. The number of rotatable bonds is 8. The van der Waals surface area contributed by atoms with Gasteiger partial charge >= 0.3 is 59.1 Å². The minimum Gasteiger partial charge on any atom is -0.554 e. The number of nitrogens with one attached hydrogen (secondary N) is 1. The van der Waals surface area contributed by atoms with Crippen LogP contribution in [0.25, 0.3) is 0 Å².